The van der Waals surface area contributed by atoms with Crippen LogP contribution in [0.1, 0.15) is 25.1 Å². The largest absolute Gasteiger partial charge is 0.369 e. The van der Waals surface area contributed by atoms with E-state index in [-0.39, 0.29) is 0 Å². The number of nitrogens with two attached hydrogens (primary N) is 1. The first-order valence-electron chi connectivity index (χ1n) is 5.28. The molecule has 0 radical (unpaired) electrons. The minimum Gasteiger partial charge on any atom is -0.369 e. The SMILES string of the molecule is Cc1ccc(C#N)c(NCC(C)(C)C(N)=O)n1. The average molecular weight is 232 g/mol. The number of carbonyl (C=O) groups is 1. The van der Waals surface area contributed by atoms with E-state index in [0.29, 0.717) is 17.9 Å². The maximum atomic E-state index is 11.2. The molecule has 90 valence electrons. The van der Waals surface area contributed by atoms with Crippen molar-refractivity contribution in [2.75, 3.05) is 11.9 Å². The molecule has 1 aromatic heterocycles. The Labute approximate surface area is 101 Å². The summed E-state index contributed by atoms with van der Waals surface area (Å²) < 4.78 is 0. The highest BCUT2D eigenvalue weighted by Gasteiger charge is 2.25. The molecular formula is C12H16N4O. The summed E-state index contributed by atoms with van der Waals surface area (Å²) in [7, 11) is 0. The van der Waals surface area contributed by atoms with Crippen LogP contribution in [0.5, 0.6) is 0 Å². The Morgan fingerprint density at radius 1 is 1.59 bits per heavy atom. The predicted octanol–water partition coefficient (Wildman–Crippen LogP) is 1.19. The maximum absolute atomic E-state index is 11.2. The van der Waals surface area contributed by atoms with Crippen LogP contribution in [-0.2, 0) is 4.79 Å². The van der Waals surface area contributed by atoms with Crippen molar-refractivity contribution in [2.45, 2.75) is 20.8 Å². The summed E-state index contributed by atoms with van der Waals surface area (Å²) in [6, 6.07) is 5.51. The molecule has 0 aliphatic carbocycles. The molecule has 0 atom stereocenters. The fraction of sp³-hybridized carbons (Fsp3) is 0.417. The van der Waals surface area contributed by atoms with E-state index in [1.165, 1.54) is 0 Å². The van der Waals surface area contributed by atoms with E-state index in [4.69, 9.17) is 11.0 Å². The third-order valence-corrected chi connectivity index (χ3v) is 2.52. The van der Waals surface area contributed by atoms with Crippen LogP contribution in [0.4, 0.5) is 5.82 Å². The van der Waals surface area contributed by atoms with Gasteiger partial charge in [0.05, 0.1) is 11.0 Å². The molecule has 1 aromatic rings. The van der Waals surface area contributed by atoms with E-state index >= 15 is 0 Å². The fourth-order valence-corrected chi connectivity index (χ4v) is 1.17. The van der Waals surface area contributed by atoms with Crippen molar-refractivity contribution in [3.05, 3.63) is 23.4 Å². The minimum absolute atomic E-state index is 0.341. The molecular weight excluding hydrogens is 216 g/mol. The van der Waals surface area contributed by atoms with Crippen molar-refractivity contribution in [3.63, 3.8) is 0 Å². The van der Waals surface area contributed by atoms with Gasteiger partial charge in [-0.1, -0.05) is 0 Å². The van der Waals surface area contributed by atoms with Gasteiger partial charge in [-0.2, -0.15) is 5.26 Å². The number of nitrogens with zero attached hydrogens (tertiary/aromatic N) is 2. The second-order valence-electron chi connectivity index (χ2n) is 4.56. The topological polar surface area (TPSA) is 91.8 Å². The Kier molecular flexibility index (Phi) is 3.69. The number of primary amides is 1. The summed E-state index contributed by atoms with van der Waals surface area (Å²) in [5.41, 5.74) is 5.85. The smallest absolute Gasteiger partial charge is 0.224 e. The molecule has 0 spiro atoms. The Bertz CT molecular complexity index is 474. The highest BCUT2D eigenvalue weighted by molar-refractivity contribution is 5.80. The molecule has 0 aliphatic heterocycles. The van der Waals surface area contributed by atoms with Crippen molar-refractivity contribution in [2.24, 2.45) is 11.1 Å². The van der Waals surface area contributed by atoms with Crippen molar-refractivity contribution < 1.29 is 4.79 Å². The number of hydrogen-bond acceptors (Lipinski definition) is 4. The van der Waals surface area contributed by atoms with E-state index in [1.807, 2.05) is 13.0 Å². The van der Waals surface area contributed by atoms with E-state index in [1.54, 1.807) is 26.0 Å². The summed E-state index contributed by atoms with van der Waals surface area (Å²) >= 11 is 0. The fourth-order valence-electron chi connectivity index (χ4n) is 1.17. The number of pyridine rings is 1. The summed E-state index contributed by atoms with van der Waals surface area (Å²) in [6.07, 6.45) is 0. The summed E-state index contributed by atoms with van der Waals surface area (Å²) in [6.45, 7) is 5.66. The molecule has 1 amide bonds. The number of carbonyl (C=O) groups excluding carboxylic acids is 1. The molecule has 0 bridgehead atoms. The normalized spacial score (nSPS) is 10.7. The van der Waals surface area contributed by atoms with Gasteiger partial charge in [0.2, 0.25) is 5.91 Å². The third kappa shape index (κ3) is 3.18. The van der Waals surface area contributed by atoms with Gasteiger partial charge in [0.15, 0.2) is 0 Å². The van der Waals surface area contributed by atoms with Gasteiger partial charge < -0.3 is 11.1 Å². The van der Waals surface area contributed by atoms with Gasteiger partial charge in [-0.25, -0.2) is 4.98 Å². The van der Waals surface area contributed by atoms with E-state index in [2.05, 4.69) is 10.3 Å². The first-order chi connectivity index (χ1) is 7.86. The van der Waals surface area contributed by atoms with E-state index in [9.17, 15) is 4.79 Å². The van der Waals surface area contributed by atoms with Crippen LogP contribution < -0.4 is 11.1 Å². The molecule has 1 rings (SSSR count). The monoisotopic (exact) mass is 232 g/mol. The highest BCUT2D eigenvalue weighted by Crippen LogP contribution is 2.17. The Morgan fingerprint density at radius 3 is 2.76 bits per heavy atom. The zero-order valence-corrected chi connectivity index (χ0v) is 10.2. The van der Waals surface area contributed by atoms with Gasteiger partial charge in [0.1, 0.15) is 11.9 Å². The Hall–Kier alpha value is -2.09. The molecule has 17 heavy (non-hydrogen) atoms. The zero-order valence-electron chi connectivity index (χ0n) is 10.2. The number of aryl methyl sites for hydroxylation is 1. The standard InChI is InChI=1S/C12H16N4O/c1-8-4-5-9(6-13)10(16-8)15-7-12(2,3)11(14)17/h4-5H,7H2,1-3H3,(H2,14,17)(H,15,16). The van der Waals surface area contributed by atoms with Crippen LogP contribution in [0.3, 0.4) is 0 Å². The number of anilines is 1. The van der Waals surface area contributed by atoms with Gasteiger partial charge >= 0.3 is 0 Å². The van der Waals surface area contributed by atoms with Crippen LogP contribution in [0.15, 0.2) is 12.1 Å². The number of nitriles is 1. The minimum atomic E-state index is -0.682. The third-order valence-electron chi connectivity index (χ3n) is 2.52. The van der Waals surface area contributed by atoms with Crippen molar-refractivity contribution in [3.8, 4) is 6.07 Å². The predicted molar refractivity (Wildman–Crippen MR) is 65.2 cm³/mol. The van der Waals surface area contributed by atoms with Crippen molar-refractivity contribution >= 4 is 11.7 Å². The van der Waals surface area contributed by atoms with Gasteiger partial charge in [-0.05, 0) is 32.9 Å². The quantitative estimate of drug-likeness (QED) is 0.815. The molecule has 0 fully saturated rings. The first-order valence-corrected chi connectivity index (χ1v) is 5.28. The number of rotatable bonds is 4. The molecule has 0 saturated carbocycles. The first kappa shape index (κ1) is 13.0. The molecule has 0 unspecified atom stereocenters. The summed E-state index contributed by atoms with van der Waals surface area (Å²) in [5, 5.41) is 11.9. The van der Waals surface area contributed by atoms with Crippen LogP contribution in [-0.4, -0.2) is 17.4 Å². The maximum Gasteiger partial charge on any atom is 0.224 e. The van der Waals surface area contributed by atoms with Gasteiger partial charge in [0.25, 0.3) is 0 Å². The number of aromatic nitrogens is 1. The van der Waals surface area contributed by atoms with Gasteiger partial charge in [0, 0.05) is 12.2 Å². The van der Waals surface area contributed by atoms with Crippen molar-refractivity contribution in [1.82, 2.24) is 4.98 Å². The molecule has 0 aromatic carbocycles. The lowest BCUT2D eigenvalue weighted by atomic mass is 9.93. The van der Waals surface area contributed by atoms with E-state index in [0.717, 1.165) is 5.69 Å². The number of nitrogens with one attached hydrogen (secondary N) is 1. The Balaban J connectivity index is 2.86. The highest BCUT2D eigenvalue weighted by atomic mass is 16.1. The van der Waals surface area contributed by atoms with Crippen LogP contribution in [0.25, 0.3) is 0 Å². The molecule has 0 saturated heterocycles. The lowest BCUT2D eigenvalue weighted by Gasteiger charge is -2.21. The van der Waals surface area contributed by atoms with Crippen LogP contribution in [0.2, 0.25) is 0 Å². The van der Waals surface area contributed by atoms with Gasteiger partial charge in [-0.15, -0.1) is 0 Å². The molecule has 0 aliphatic rings. The van der Waals surface area contributed by atoms with Gasteiger partial charge in [-0.3, -0.25) is 4.79 Å². The molecule has 5 heteroatoms. The molecule has 3 N–H and O–H groups in total. The second kappa shape index (κ2) is 4.83. The molecule has 5 nitrogen and oxygen atoms in total. The molecule has 1 heterocycles. The summed E-state index contributed by atoms with van der Waals surface area (Å²) in [5.74, 6) is 0.0954. The second-order valence-corrected chi connectivity index (χ2v) is 4.56. The van der Waals surface area contributed by atoms with E-state index < -0.39 is 11.3 Å². The lowest BCUT2D eigenvalue weighted by molar-refractivity contribution is -0.125. The lowest BCUT2D eigenvalue weighted by Crippen LogP contribution is -2.37. The number of hydrogen-bond donors (Lipinski definition) is 2. The average Bonchev–Trinajstić information content (AvgIpc) is 2.26. The Morgan fingerprint density at radius 2 is 2.24 bits per heavy atom. The van der Waals surface area contributed by atoms with Crippen LogP contribution >= 0.6 is 0 Å². The van der Waals surface area contributed by atoms with Crippen molar-refractivity contribution in [1.29, 1.82) is 5.26 Å². The summed E-state index contributed by atoms with van der Waals surface area (Å²) in [4.78, 5) is 15.4. The number of amides is 1. The zero-order chi connectivity index (χ0) is 13.1. The van der Waals surface area contributed by atoms with Crippen LogP contribution in [0, 0.1) is 23.7 Å².